The summed E-state index contributed by atoms with van der Waals surface area (Å²) in [5.74, 6) is 1.04. The summed E-state index contributed by atoms with van der Waals surface area (Å²) >= 11 is 3.37. The molecule has 126 valence electrons. The minimum Gasteiger partial charge on any atom is -0.493 e. The number of rotatable bonds is 6. The molecule has 2 rings (SSSR count). The van der Waals surface area contributed by atoms with Gasteiger partial charge in [-0.05, 0) is 67.0 Å². The zero-order chi connectivity index (χ0) is 15.5. The number of nitrogens with zero attached hydrogens (tertiary/aromatic N) is 1. The first-order chi connectivity index (χ1) is 9.98. The number of sulfonamides is 1. The van der Waals surface area contributed by atoms with Crippen LogP contribution >= 0.6 is 28.3 Å². The van der Waals surface area contributed by atoms with E-state index in [-0.39, 0.29) is 12.4 Å². The van der Waals surface area contributed by atoms with E-state index in [1.54, 1.807) is 22.5 Å². The average Bonchev–Trinajstić information content (AvgIpc) is 2.91. The Bertz CT molecular complexity index is 598. The van der Waals surface area contributed by atoms with E-state index < -0.39 is 10.0 Å². The fraction of sp³-hybridized carbons (Fsp3) is 0.571. The molecular weight excluding hydrogens is 392 g/mol. The molecule has 0 aliphatic carbocycles. The van der Waals surface area contributed by atoms with E-state index in [2.05, 4.69) is 21.2 Å². The third kappa shape index (κ3) is 4.35. The average molecular weight is 414 g/mol. The van der Waals surface area contributed by atoms with Crippen molar-refractivity contribution in [2.24, 2.45) is 5.92 Å². The van der Waals surface area contributed by atoms with E-state index in [0.29, 0.717) is 40.7 Å². The summed E-state index contributed by atoms with van der Waals surface area (Å²) in [6, 6.07) is 4.92. The van der Waals surface area contributed by atoms with Gasteiger partial charge in [-0.25, -0.2) is 8.42 Å². The molecule has 0 spiro atoms. The molecule has 1 N–H and O–H groups in total. The second-order valence-corrected chi connectivity index (χ2v) is 7.89. The lowest BCUT2D eigenvalue weighted by atomic mass is 10.1. The predicted molar refractivity (Wildman–Crippen MR) is 93.4 cm³/mol. The highest BCUT2D eigenvalue weighted by molar-refractivity contribution is 9.10. The molecule has 0 radical (unpaired) electrons. The molecule has 0 aromatic heterocycles. The second kappa shape index (κ2) is 8.49. The molecule has 0 saturated carbocycles. The van der Waals surface area contributed by atoms with Crippen LogP contribution < -0.4 is 10.1 Å². The number of nitrogens with one attached hydrogen (secondary N) is 1. The molecule has 1 aliphatic rings. The zero-order valence-corrected chi connectivity index (χ0v) is 15.9. The van der Waals surface area contributed by atoms with Crippen molar-refractivity contribution in [1.29, 1.82) is 0 Å². The molecule has 1 aromatic rings. The van der Waals surface area contributed by atoms with Crippen molar-refractivity contribution in [3.63, 3.8) is 0 Å². The SMILES string of the molecule is CCOc1ccc(S(=O)(=O)N2CCC(CNC)C2)cc1Br.Cl. The van der Waals surface area contributed by atoms with Gasteiger partial charge in [0.25, 0.3) is 0 Å². The lowest BCUT2D eigenvalue weighted by molar-refractivity contribution is 0.338. The van der Waals surface area contributed by atoms with Gasteiger partial charge in [0.2, 0.25) is 10.0 Å². The topological polar surface area (TPSA) is 58.6 Å². The van der Waals surface area contributed by atoms with Gasteiger partial charge in [0.15, 0.2) is 0 Å². The van der Waals surface area contributed by atoms with Gasteiger partial charge in [-0.1, -0.05) is 0 Å². The van der Waals surface area contributed by atoms with Gasteiger partial charge in [-0.3, -0.25) is 0 Å². The molecule has 8 heteroatoms. The molecular formula is C14H22BrClN2O3S. The number of hydrogen-bond acceptors (Lipinski definition) is 4. The Kier molecular flexibility index (Phi) is 7.61. The van der Waals surface area contributed by atoms with Crippen LogP contribution in [-0.4, -0.2) is 46.0 Å². The van der Waals surface area contributed by atoms with Crippen LogP contribution in [0.4, 0.5) is 0 Å². The second-order valence-electron chi connectivity index (χ2n) is 5.10. The summed E-state index contributed by atoms with van der Waals surface area (Å²) in [5.41, 5.74) is 0. The fourth-order valence-corrected chi connectivity index (χ4v) is 4.74. The fourth-order valence-electron chi connectivity index (χ4n) is 2.53. The molecule has 22 heavy (non-hydrogen) atoms. The summed E-state index contributed by atoms with van der Waals surface area (Å²) in [6.07, 6.45) is 0.901. The molecule has 5 nitrogen and oxygen atoms in total. The van der Waals surface area contributed by atoms with Gasteiger partial charge in [0, 0.05) is 13.1 Å². The molecule has 1 saturated heterocycles. The highest BCUT2D eigenvalue weighted by Gasteiger charge is 2.32. The first-order valence-electron chi connectivity index (χ1n) is 7.06. The molecule has 1 aliphatic heterocycles. The van der Waals surface area contributed by atoms with Crippen LogP contribution in [0.3, 0.4) is 0 Å². The maximum atomic E-state index is 12.6. The molecule has 0 amide bonds. The summed E-state index contributed by atoms with van der Waals surface area (Å²) in [4.78, 5) is 0.308. The Morgan fingerprint density at radius 1 is 1.45 bits per heavy atom. The van der Waals surface area contributed by atoms with Gasteiger partial charge < -0.3 is 10.1 Å². The molecule has 1 heterocycles. The highest BCUT2D eigenvalue weighted by atomic mass is 79.9. The largest absolute Gasteiger partial charge is 0.493 e. The van der Waals surface area contributed by atoms with Crippen molar-refractivity contribution in [1.82, 2.24) is 9.62 Å². The Balaban J connectivity index is 0.00000242. The summed E-state index contributed by atoms with van der Waals surface area (Å²) in [6.45, 7) is 4.44. The summed E-state index contributed by atoms with van der Waals surface area (Å²) in [5, 5.41) is 3.11. The van der Waals surface area contributed by atoms with E-state index in [1.165, 1.54) is 0 Å². The maximum absolute atomic E-state index is 12.6. The van der Waals surface area contributed by atoms with E-state index >= 15 is 0 Å². The maximum Gasteiger partial charge on any atom is 0.243 e. The van der Waals surface area contributed by atoms with Crippen LogP contribution in [0.25, 0.3) is 0 Å². The Morgan fingerprint density at radius 3 is 2.77 bits per heavy atom. The molecule has 1 atom stereocenters. The van der Waals surface area contributed by atoms with E-state index in [0.717, 1.165) is 13.0 Å². The van der Waals surface area contributed by atoms with Gasteiger partial charge in [0.1, 0.15) is 5.75 Å². The number of halogens is 2. The Morgan fingerprint density at radius 2 is 2.18 bits per heavy atom. The van der Waals surface area contributed by atoms with E-state index in [1.807, 2.05) is 14.0 Å². The van der Waals surface area contributed by atoms with Crippen LogP contribution in [0.5, 0.6) is 5.75 Å². The molecule has 1 unspecified atom stereocenters. The van der Waals surface area contributed by atoms with Crippen LogP contribution in [0.2, 0.25) is 0 Å². The predicted octanol–water partition coefficient (Wildman–Crippen LogP) is 2.50. The van der Waals surface area contributed by atoms with E-state index in [9.17, 15) is 8.42 Å². The molecule has 1 aromatic carbocycles. The monoisotopic (exact) mass is 412 g/mol. The standard InChI is InChI=1S/C14H21BrN2O3S.ClH/c1-3-20-14-5-4-12(8-13(14)15)21(18,19)17-7-6-11(10-17)9-16-2;/h4-5,8,11,16H,3,6-7,9-10H2,1-2H3;1H. The lowest BCUT2D eigenvalue weighted by Gasteiger charge is -2.17. The molecule has 1 fully saturated rings. The number of ether oxygens (including phenoxy) is 1. The minimum absolute atomic E-state index is 0. The first kappa shape index (κ1) is 19.7. The quantitative estimate of drug-likeness (QED) is 0.778. The minimum atomic E-state index is -3.42. The van der Waals surface area contributed by atoms with Gasteiger partial charge in [0.05, 0.1) is 16.0 Å². The van der Waals surface area contributed by atoms with Crippen molar-refractivity contribution < 1.29 is 13.2 Å². The van der Waals surface area contributed by atoms with Crippen LogP contribution in [0, 0.1) is 5.92 Å². The smallest absolute Gasteiger partial charge is 0.243 e. The normalized spacial score (nSPS) is 19.0. The van der Waals surface area contributed by atoms with Crippen LogP contribution in [0.15, 0.2) is 27.6 Å². The van der Waals surface area contributed by atoms with Crippen molar-refractivity contribution in [2.45, 2.75) is 18.2 Å². The third-order valence-electron chi connectivity index (χ3n) is 3.58. The zero-order valence-electron chi connectivity index (χ0n) is 12.7. The van der Waals surface area contributed by atoms with Crippen molar-refractivity contribution in [3.05, 3.63) is 22.7 Å². The number of hydrogen-bond donors (Lipinski definition) is 1. The van der Waals surface area contributed by atoms with Gasteiger partial charge in [-0.2, -0.15) is 4.31 Å². The van der Waals surface area contributed by atoms with Crippen molar-refractivity contribution in [2.75, 3.05) is 33.3 Å². The van der Waals surface area contributed by atoms with Crippen molar-refractivity contribution >= 4 is 38.4 Å². The number of benzene rings is 1. The Hall–Kier alpha value is -0.340. The third-order valence-corrected chi connectivity index (χ3v) is 6.06. The first-order valence-corrected chi connectivity index (χ1v) is 9.29. The van der Waals surface area contributed by atoms with Crippen LogP contribution in [0.1, 0.15) is 13.3 Å². The van der Waals surface area contributed by atoms with Crippen LogP contribution in [-0.2, 0) is 10.0 Å². The van der Waals surface area contributed by atoms with Gasteiger partial charge in [-0.15, -0.1) is 12.4 Å². The summed E-state index contributed by atoms with van der Waals surface area (Å²) < 4.78 is 32.9. The van der Waals surface area contributed by atoms with Crippen molar-refractivity contribution in [3.8, 4) is 5.75 Å². The summed E-state index contributed by atoms with van der Waals surface area (Å²) in [7, 11) is -1.53. The highest BCUT2D eigenvalue weighted by Crippen LogP contribution is 2.30. The lowest BCUT2D eigenvalue weighted by Crippen LogP contribution is -2.30. The Labute approximate surface area is 147 Å². The molecule has 0 bridgehead atoms. The van der Waals surface area contributed by atoms with E-state index in [4.69, 9.17) is 4.74 Å². The van der Waals surface area contributed by atoms with Gasteiger partial charge >= 0.3 is 0 Å².